The lowest BCUT2D eigenvalue weighted by Crippen LogP contribution is -2.08. The molecule has 0 bridgehead atoms. The average Bonchev–Trinajstić information content (AvgIpc) is 2.91. The number of benzene rings is 1. The van der Waals surface area contributed by atoms with Crippen LogP contribution in [-0.4, -0.2) is 16.5 Å². The van der Waals surface area contributed by atoms with Gasteiger partial charge in [0.15, 0.2) is 5.82 Å². The van der Waals surface area contributed by atoms with Gasteiger partial charge in [-0.25, -0.2) is 4.98 Å². The number of anilines is 1. The fourth-order valence-corrected chi connectivity index (χ4v) is 3.09. The Bertz CT molecular complexity index is 620. The molecule has 1 aromatic heterocycles. The van der Waals surface area contributed by atoms with Gasteiger partial charge in [-0.05, 0) is 68.0 Å². The first-order valence-electron chi connectivity index (χ1n) is 7.07. The zero-order chi connectivity index (χ0) is 15.6. The lowest BCUT2D eigenvalue weighted by molar-refractivity contribution is 0.179. The van der Waals surface area contributed by atoms with Crippen LogP contribution >= 0.6 is 11.5 Å². The van der Waals surface area contributed by atoms with Crippen LogP contribution in [0.1, 0.15) is 39.2 Å². The minimum atomic E-state index is 0.457. The monoisotopic (exact) mass is 305 g/mol. The van der Waals surface area contributed by atoms with E-state index in [4.69, 9.17) is 4.74 Å². The van der Waals surface area contributed by atoms with Gasteiger partial charge in [0, 0.05) is 25.2 Å². The molecule has 0 saturated heterocycles. The van der Waals surface area contributed by atoms with E-state index in [1.54, 1.807) is 7.11 Å². The molecule has 1 aromatic carbocycles. The molecule has 0 amide bonds. The van der Waals surface area contributed by atoms with Gasteiger partial charge in [-0.2, -0.15) is 4.37 Å². The van der Waals surface area contributed by atoms with Crippen LogP contribution in [0.2, 0.25) is 0 Å². The third kappa shape index (κ3) is 3.24. The first-order valence-corrected chi connectivity index (χ1v) is 7.84. The van der Waals surface area contributed by atoms with Crippen molar-refractivity contribution in [3.63, 3.8) is 0 Å². The smallest absolute Gasteiger partial charge is 0.202 e. The van der Waals surface area contributed by atoms with E-state index in [-0.39, 0.29) is 0 Å². The summed E-state index contributed by atoms with van der Waals surface area (Å²) in [4.78, 5) is 4.41. The number of hydrogen-bond donors (Lipinski definition) is 1. The maximum atomic E-state index is 5.04. The highest BCUT2D eigenvalue weighted by Gasteiger charge is 2.12. The van der Waals surface area contributed by atoms with Gasteiger partial charge in [0.1, 0.15) is 6.61 Å². The Kier molecular flexibility index (Phi) is 4.96. The van der Waals surface area contributed by atoms with Gasteiger partial charge in [-0.1, -0.05) is 0 Å². The molecule has 2 aromatic rings. The molecule has 5 heteroatoms. The van der Waals surface area contributed by atoms with E-state index in [0.717, 1.165) is 17.5 Å². The van der Waals surface area contributed by atoms with Crippen molar-refractivity contribution in [2.24, 2.45) is 0 Å². The van der Waals surface area contributed by atoms with Crippen molar-refractivity contribution in [1.82, 2.24) is 9.36 Å². The summed E-state index contributed by atoms with van der Waals surface area (Å²) >= 11 is 1.38. The van der Waals surface area contributed by atoms with Crippen molar-refractivity contribution in [2.75, 3.05) is 12.4 Å². The summed E-state index contributed by atoms with van der Waals surface area (Å²) in [5, 5.41) is 4.23. The fourth-order valence-electron chi connectivity index (χ4n) is 2.52. The molecule has 0 unspecified atom stereocenters. The van der Waals surface area contributed by atoms with Gasteiger partial charge < -0.3 is 10.1 Å². The molecule has 1 N–H and O–H groups in total. The van der Waals surface area contributed by atoms with Crippen molar-refractivity contribution in [2.45, 2.75) is 47.8 Å². The number of rotatable bonds is 5. The van der Waals surface area contributed by atoms with E-state index in [1.165, 1.54) is 44.9 Å². The molecular weight excluding hydrogens is 282 g/mol. The van der Waals surface area contributed by atoms with E-state index < -0.39 is 0 Å². The second-order valence-electron chi connectivity index (χ2n) is 5.41. The lowest BCUT2D eigenvalue weighted by atomic mass is 9.89. The van der Waals surface area contributed by atoms with Crippen LogP contribution in [0.4, 0.5) is 5.13 Å². The summed E-state index contributed by atoms with van der Waals surface area (Å²) in [5.74, 6) is 0.731. The summed E-state index contributed by atoms with van der Waals surface area (Å²) in [5.41, 5.74) is 8.25. The molecule has 4 nitrogen and oxygen atoms in total. The van der Waals surface area contributed by atoms with Crippen molar-refractivity contribution in [1.29, 1.82) is 0 Å². The molecule has 0 aliphatic heterocycles. The SMILES string of the molecule is COCc1nsc(NCc2c(C)c(C)c(C)c(C)c2C)n1. The molecule has 0 aliphatic rings. The Morgan fingerprint density at radius 2 is 1.52 bits per heavy atom. The number of methoxy groups -OCH3 is 1. The van der Waals surface area contributed by atoms with E-state index in [1.807, 2.05) is 0 Å². The molecule has 21 heavy (non-hydrogen) atoms. The maximum Gasteiger partial charge on any atom is 0.202 e. The van der Waals surface area contributed by atoms with Crippen LogP contribution in [0.5, 0.6) is 0 Å². The van der Waals surface area contributed by atoms with Crippen molar-refractivity contribution in [3.8, 4) is 0 Å². The zero-order valence-corrected chi connectivity index (χ0v) is 14.4. The van der Waals surface area contributed by atoms with Gasteiger partial charge in [-0.3, -0.25) is 0 Å². The van der Waals surface area contributed by atoms with Crippen LogP contribution < -0.4 is 5.32 Å². The molecule has 2 rings (SSSR count). The van der Waals surface area contributed by atoms with E-state index in [0.29, 0.717) is 6.61 Å². The third-order valence-corrected chi connectivity index (χ3v) is 5.02. The number of ether oxygens (including phenoxy) is 1. The maximum absolute atomic E-state index is 5.04. The Hall–Kier alpha value is -1.46. The van der Waals surface area contributed by atoms with Gasteiger partial charge >= 0.3 is 0 Å². The third-order valence-electron chi connectivity index (χ3n) is 4.31. The Morgan fingerprint density at radius 3 is 2.10 bits per heavy atom. The van der Waals surface area contributed by atoms with Crippen LogP contribution in [0.3, 0.4) is 0 Å². The topological polar surface area (TPSA) is 47.0 Å². The fraction of sp³-hybridized carbons (Fsp3) is 0.500. The molecular formula is C16H23N3OS. The highest BCUT2D eigenvalue weighted by atomic mass is 32.1. The van der Waals surface area contributed by atoms with Gasteiger partial charge in [0.2, 0.25) is 5.13 Å². The van der Waals surface area contributed by atoms with Crippen molar-refractivity contribution in [3.05, 3.63) is 39.2 Å². The summed E-state index contributed by atoms with van der Waals surface area (Å²) in [6.07, 6.45) is 0. The normalized spacial score (nSPS) is 11.0. The molecule has 0 fully saturated rings. The number of hydrogen-bond acceptors (Lipinski definition) is 5. The Balaban J connectivity index is 2.20. The summed E-state index contributed by atoms with van der Waals surface area (Å²) in [6, 6.07) is 0. The Labute approximate surface area is 130 Å². The van der Waals surface area contributed by atoms with Gasteiger partial charge in [-0.15, -0.1) is 0 Å². The van der Waals surface area contributed by atoms with Crippen molar-refractivity contribution < 1.29 is 4.74 Å². The molecule has 0 atom stereocenters. The van der Waals surface area contributed by atoms with Crippen molar-refractivity contribution >= 4 is 16.7 Å². The highest BCUT2D eigenvalue weighted by molar-refractivity contribution is 7.09. The average molecular weight is 305 g/mol. The van der Waals surface area contributed by atoms with Gasteiger partial charge in [0.05, 0.1) is 0 Å². The lowest BCUT2D eigenvalue weighted by Gasteiger charge is -2.18. The summed E-state index contributed by atoms with van der Waals surface area (Å²) in [6.45, 7) is 12.2. The number of aromatic nitrogens is 2. The molecule has 0 spiro atoms. The largest absolute Gasteiger partial charge is 0.377 e. The molecule has 0 aliphatic carbocycles. The highest BCUT2D eigenvalue weighted by Crippen LogP contribution is 2.26. The van der Waals surface area contributed by atoms with Crippen LogP contribution in [0.25, 0.3) is 0 Å². The first-order chi connectivity index (χ1) is 9.95. The predicted molar refractivity (Wildman–Crippen MR) is 88.1 cm³/mol. The van der Waals surface area contributed by atoms with E-state index in [9.17, 15) is 0 Å². The van der Waals surface area contributed by atoms with E-state index in [2.05, 4.69) is 49.3 Å². The number of nitrogens with one attached hydrogen (secondary N) is 1. The summed E-state index contributed by atoms with van der Waals surface area (Å²) < 4.78 is 9.30. The molecule has 1 heterocycles. The minimum absolute atomic E-state index is 0.457. The number of nitrogens with zero attached hydrogens (tertiary/aromatic N) is 2. The Morgan fingerprint density at radius 1 is 0.952 bits per heavy atom. The first kappa shape index (κ1) is 15.9. The predicted octanol–water partition coefficient (Wildman–Crippen LogP) is 3.84. The minimum Gasteiger partial charge on any atom is -0.377 e. The quantitative estimate of drug-likeness (QED) is 0.911. The second-order valence-corrected chi connectivity index (χ2v) is 6.16. The van der Waals surface area contributed by atoms with E-state index >= 15 is 0 Å². The van der Waals surface area contributed by atoms with Crippen LogP contribution in [-0.2, 0) is 17.9 Å². The molecule has 114 valence electrons. The molecule has 0 saturated carbocycles. The zero-order valence-electron chi connectivity index (χ0n) is 13.6. The van der Waals surface area contributed by atoms with Crippen LogP contribution in [0.15, 0.2) is 0 Å². The molecule has 0 radical (unpaired) electrons. The standard InChI is InChI=1S/C16H23N3OS/c1-9-10(2)12(4)14(13(5)11(9)3)7-17-16-18-15(8-20-6)19-21-16/h7-8H2,1-6H3,(H,17,18,19). The second kappa shape index (κ2) is 6.54. The van der Waals surface area contributed by atoms with Crippen LogP contribution in [0, 0.1) is 34.6 Å². The summed E-state index contributed by atoms with van der Waals surface area (Å²) in [7, 11) is 1.65. The van der Waals surface area contributed by atoms with Gasteiger partial charge in [0.25, 0.3) is 0 Å².